The average molecular weight is 337 g/mol. The van der Waals surface area contributed by atoms with Crippen LogP contribution in [0.25, 0.3) is 0 Å². The van der Waals surface area contributed by atoms with Crippen LogP contribution in [0.15, 0.2) is 60.7 Å². The number of amides is 1. The van der Waals surface area contributed by atoms with Crippen molar-refractivity contribution in [2.75, 3.05) is 6.54 Å². The molecule has 0 radical (unpaired) electrons. The summed E-state index contributed by atoms with van der Waals surface area (Å²) in [6.45, 7) is 0.472. The second kappa shape index (κ2) is 6.59. The molecule has 0 unspecified atom stereocenters. The fraction of sp³-hybridized carbons (Fsp3) is 0.300. The molecule has 2 heterocycles. The highest BCUT2D eigenvalue weighted by Gasteiger charge is 2.45. The molecular weight excluding hydrogens is 318 g/mol. The second-order valence-electron chi connectivity index (χ2n) is 6.39. The lowest BCUT2D eigenvalue weighted by atomic mass is 10.00. The Hall–Kier alpha value is -2.82. The standard InChI is InChI=1S/C20H19NO4/c22-19(17-12-11-16-13-21(17)20(23)24-16)25-18(14-7-3-1-4-8-14)15-9-5-2-6-10-15/h1-10,16-18H,11-13H2/t16-,17+/m0/s1. The van der Waals surface area contributed by atoms with Gasteiger partial charge in [-0.25, -0.2) is 9.59 Å². The van der Waals surface area contributed by atoms with Crippen LogP contribution in [0.2, 0.25) is 0 Å². The number of piperidine rings is 1. The van der Waals surface area contributed by atoms with E-state index in [-0.39, 0.29) is 12.1 Å². The van der Waals surface area contributed by atoms with E-state index in [4.69, 9.17) is 9.47 Å². The van der Waals surface area contributed by atoms with E-state index in [0.29, 0.717) is 19.4 Å². The third-order valence-corrected chi connectivity index (χ3v) is 4.75. The zero-order valence-corrected chi connectivity index (χ0v) is 13.7. The number of ether oxygens (including phenoxy) is 2. The lowest BCUT2D eigenvalue weighted by molar-refractivity contribution is -0.153. The lowest BCUT2D eigenvalue weighted by Crippen LogP contribution is -2.46. The summed E-state index contributed by atoms with van der Waals surface area (Å²) in [6.07, 6.45) is 0.275. The molecule has 2 aliphatic heterocycles. The molecule has 5 nitrogen and oxygen atoms in total. The van der Waals surface area contributed by atoms with Crippen molar-refractivity contribution in [1.82, 2.24) is 4.90 Å². The summed E-state index contributed by atoms with van der Waals surface area (Å²) >= 11 is 0. The van der Waals surface area contributed by atoms with Gasteiger partial charge in [0.1, 0.15) is 12.1 Å². The number of hydrogen-bond donors (Lipinski definition) is 0. The van der Waals surface area contributed by atoms with Gasteiger partial charge in [-0.15, -0.1) is 0 Å². The first kappa shape index (κ1) is 15.7. The maximum atomic E-state index is 12.8. The molecule has 0 saturated carbocycles. The van der Waals surface area contributed by atoms with E-state index in [0.717, 1.165) is 11.1 Å². The Labute approximate surface area is 146 Å². The fourth-order valence-electron chi connectivity index (χ4n) is 3.47. The summed E-state index contributed by atoms with van der Waals surface area (Å²) in [5.74, 6) is -0.380. The summed E-state index contributed by atoms with van der Waals surface area (Å²) in [5.41, 5.74) is 1.81. The Kier molecular flexibility index (Phi) is 4.14. The van der Waals surface area contributed by atoms with Crippen molar-refractivity contribution < 1.29 is 19.1 Å². The van der Waals surface area contributed by atoms with Gasteiger partial charge < -0.3 is 9.47 Å². The molecule has 0 aromatic heterocycles. The largest absolute Gasteiger partial charge is 0.451 e. The van der Waals surface area contributed by atoms with E-state index in [2.05, 4.69) is 0 Å². The number of rotatable bonds is 4. The SMILES string of the molecule is O=C(OC(c1ccccc1)c1ccccc1)[C@H]1CC[C@H]2CN1C(=O)O2. The number of carbonyl (C=O) groups is 2. The van der Waals surface area contributed by atoms with E-state index in [1.54, 1.807) is 0 Å². The highest BCUT2D eigenvalue weighted by Crippen LogP contribution is 2.31. The van der Waals surface area contributed by atoms with Gasteiger partial charge in [-0.2, -0.15) is 0 Å². The van der Waals surface area contributed by atoms with Gasteiger partial charge in [0, 0.05) is 0 Å². The van der Waals surface area contributed by atoms with Gasteiger partial charge in [0.2, 0.25) is 0 Å². The van der Waals surface area contributed by atoms with E-state index in [1.165, 1.54) is 4.90 Å². The lowest BCUT2D eigenvalue weighted by Gasteiger charge is -2.29. The Morgan fingerprint density at radius 3 is 2.20 bits per heavy atom. The van der Waals surface area contributed by atoms with Crippen molar-refractivity contribution >= 4 is 12.1 Å². The maximum absolute atomic E-state index is 12.8. The van der Waals surface area contributed by atoms with E-state index in [1.807, 2.05) is 60.7 Å². The quantitative estimate of drug-likeness (QED) is 0.803. The molecule has 2 bridgehead atoms. The molecule has 25 heavy (non-hydrogen) atoms. The van der Waals surface area contributed by atoms with Crippen LogP contribution in [0.5, 0.6) is 0 Å². The molecular formula is C20H19NO4. The topological polar surface area (TPSA) is 55.8 Å². The van der Waals surface area contributed by atoms with E-state index < -0.39 is 18.2 Å². The van der Waals surface area contributed by atoms with Crippen molar-refractivity contribution in [3.05, 3.63) is 71.8 Å². The van der Waals surface area contributed by atoms with Crippen LogP contribution in [-0.4, -0.2) is 35.7 Å². The summed E-state index contributed by atoms with van der Waals surface area (Å²) in [5, 5.41) is 0. The zero-order chi connectivity index (χ0) is 17.2. The molecule has 0 spiro atoms. The fourth-order valence-corrected chi connectivity index (χ4v) is 3.47. The monoisotopic (exact) mass is 337 g/mol. The van der Waals surface area contributed by atoms with Crippen molar-refractivity contribution in [3.8, 4) is 0 Å². The molecule has 2 aromatic rings. The number of nitrogens with zero attached hydrogens (tertiary/aromatic N) is 1. The molecule has 0 aliphatic carbocycles. The molecule has 1 amide bonds. The third-order valence-electron chi connectivity index (χ3n) is 4.75. The first-order valence-corrected chi connectivity index (χ1v) is 8.50. The molecule has 2 atom stereocenters. The van der Waals surface area contributed by atoms with Gasteiger partial charge in [0.15, 0.2) is 6.10 Å². The Morgan fingerprint density at radius 1 is 1.00 bits per heavy atom. The molecule has 5 heteroatoms. The van der Waals surface area contributed by atoms with Gasteiger partial charge in [-0.1, -0.05) is 60.7 Å². The van der Waals surface area contributed by atoms with Crippen LogP contribution in [0.1, 0.15) is 30.1 Å². The second-order valence-corrected chi connectivity index (χ2v) is 6.39. The van der Waals surface area contributed by atoms with Gasteiger partial charge in [-0.05, 0) is 24.0 Å². The predicted octanol–water partition coefficient (Wildman–Crippen LogP) is 3.30. The number of carbonyl (C=O) groups excluding carboxylic acids is 2. The van der Waals surface area contributed by atoms with E-state index in [9.17, 15) is 9.59 Å². The van der Waals surface area contributed by atoms with Crippen molar-refractivity contribution in [2.24, 2.45) is 0 Å². The molecule has 2 fully saturated rings. The molecule has 128 valence electrons. The molecule has 4 rings (SSSR count). The van der Waals surface area contributed by atoms with Crippen molar-refractivity contribution in [1.29, 1.82) is 0 Å². The molecule has 2 saturated heterocycles. The van der Waals surface area contributed by atoms with E-state index >= 15 is 0 Å². The van der Waals surface area contributed by atoms with Gasteiger partial charge in [0.05, 0.1) is 6.54 Å². The van der Waals surface area contributed by atoms with Crippen LogP contribution in [0.4, 0.5) is 4.79 Å². The van der Waals surface area contributed by atoms with Crippen LogP contribution in [0.3, 0.4) is 0 Å². The molecule has 2 aliphatic rings. The predicted molar refractivity (Wildman–Crippen MR) is 90.8 cm³/mol. The first-order chi connectivity index (χ1) is 12.2. The van der Waals surface area contributed by atoms with Gasteiger partial charge in [-0.3, -0.25) is 4.90 Å². The minimum Gasteiger partial charge on any atom is -0.451 e. The number of fused-ring (bicyclic) bond motifs is 2. The van der Waals surface area contributed by atoms with Crippen molar-refractivity contribution in [2.45, 2.75) is 31.1 Å². The Morgan fingerprint density at radius 2 is 1.60 bits per heavy atom. The smallest absolute Gasteiger partial charge is 0.410 e. The molecule has 0 N–H and O–H groups in total. The summed E-state index contributed by atoms with van der Waals surface area (Å²) in [6, 6.07) is 18.7. The Balaban J connectivity index is 1.58. The average Bonchev–Trinajstić information content (AvgIpc) is 2.95. The minimum atomic E-state index is -0.568. The zero-order valence-electron chi connectivity index (χ0n) is 13.7. The maximum Gasteiger partial charge on any atom is 0.410 e. The number of hydrogen-bond acceptors (Lipinski definition) is 4. The normalized spacial score (nSPS) is 22.0. The molecule has 2 aromatic carbocycles. The highest BCUT2D eigenvalue weighted by atomic mass is 16.6. The summed E-state index contributed by atoms with van der Waals surface area (Å²) in [4.78, 5) is 26.2. The van der Waals surface area contributed by atoms with Gasteiger partial charge >= 0.3 is 12.1 Å². The third kappa shape index (κ3) is 3.09. The van der Waals surface area contributed by atoms with Crippen LogP contribution in [-0.2, 0) is 14.3 Å². The van der Waals surface area contributed by atoms with Crippen LogP contribution >= 0.6 is 0 Å². The summed E-state index contributed by atoms with van der Waals surface area (Å²) < 4.78 is 11.1. The number of benzene rings is 2. The van der Waals surface area contributed by atoms with Crippen LogP contribution < -0.4 is 0 Å². The van der Waals surface area contributed by atoms with Gasteiger partial charge in [0.25, 0.3) is 0 Å². The summed E-state index contributed by atoms with van der Waals surface area (Å²) in [7, 11) is 0. The Bertz CT molecular complexity index is 722. The highest BCUT2D eigenvalue weighted by molar-refractivity contribution is 5.83. The number of esters is 1. The van der Waals surface area contributed by atoms with Crippen LogP contribution in [0, 0.1) is 0 Å². The minimum absolute atomic E-state index is 0.0874. The van der Waals surface area contributed by atoms with Crippen molar-refractivity contribution in [3.63, 3.8) is 0 Å². The first-order valence-electron chi connectivity index (χ1n) is 8.50.